The van der Waals surface area contributed by atoms with Crippen molar-refractivity contribution in [3.05, 3.63) is 0 Å². The van der Waals surface area contributed by atoms with Crippen LogP contribution in [-0.2, 0) is 9.59 Å². The zero-order chi connectivity index (χ0) is 14.0. The van der Waals surface area contributed by atoms with Crippen LogP contribution >= 0.6 is 0 Å². The molecule has 108 valence electrons. The van der Waals surface area contributed by atoms with Crippen molar-refractivity contribution < 1.29 is 14.7 Å². The van der Waals surface area contributed by atoms with Gasteiger partial charge < -0.3 is 10.0 Å². The van der Waals surface area contributed by atoms with Gasteiger partial charge in [0.2, 0.25) is 5.91 Å². The summed E-state index contributed by atoms with van der Waals surface area (Å²) >= 11 is 0. The van der Waals surface area contributed by atoms with E-state index in [-0.39, 0.29) is 17.9 Å². The first-order chi connectivity index (χ1) is 9.00. The smallest absolute Gasteiger partial charge is 0.326 e. The van der Waals surface area contributed by atoms with E-state index in [2.05, 4.69) is 0 Å². The van der Waals surface area contributed by atoms with E-state index in [0.717, 1.165) is 19.3 Å². The predicted octanol–water partition coefficient (Wildman–Crippen LogP) is 2.67. The third kappa shape index (κ3) is 3.48. The van der Waals surface area contributed by atoms with Crippen LogP contribution in [0.1, 0.15) is 58.8 Å². The number of amides is 1. The van der Waals surface area contributed by atoms with E-state index in [0.29, 0.717) is 5.92 Å². The molecule has 19 heavy (non-hydrogen) atoms. The minimum absolute atomic E-state index is 0.0366. The lowest BCUT2D eigenvalue weighted by Crippen LogP contribution is -2.47. The molecule has 0 spiro atoms. The van der Waals surface area contributed by atoms with Gasteiger partial charge in [0.15, 0.2) is 0 Å². The van der Waals surface area contributed by atoms with Crippen LogP contribution in [0.25, 0.3) is 0 Å². The number of aliphatic carboxylic acids is 1. The maximum Gasteiger partial charge on any atom is 0.326 e. The fourth-order valence-electron chi connectivity index (χ4n) is 3.26. The van der Waals surface area contributed by atoms with Gasteiger partial charge in [0.25, 0.3) is 0 Å². The Morgan fingerprint density at radius 2 is 1.74 bits per heavy atom. The van der Waals surface area contributed by atoms with Gasteiger partial charge in [-0.3, -0.25) is 4.79 Å². The summed E-state index contributed by atoms with van der Waals surface area (Å²) in [6.07, 6.45) is 7.87. The van der Waals surface area contributed by atoms with Gasteiger partial charge in [0.1, 0.15) is 6.04 Å². The summed E-state index contributed by atoms with van der Waals surface area (Å²) < 4.78 is 0. The van der Waals surface area contributed by atoms with Gasteiger partial charge >= 0.3 is 5.97 Å². The largest absolute Gasteiger partial charge is 0.480 e. The van der Waals surface area contributed by atoms with Gasteiger partial charge in [-0.2, -0.15) is 0 Å². The third-order valence-electron chi connectivity index (χ3n) is 4.55. The maximum absolute atomic E-state index is 12.5. The van der Waals surface area contributed by atoms with Crippen LogP contribution in [-0.4, -0.2) is 34.0 Å². The number of carbonyl (C=O) groups is 2. The average molecular weight is 267 g/mol. The SMILES string of the molecule is CC(CC1CCCC1)C(=O)N(C1CC1)C(C)C(=O)O. The molecule has 4 nitrogen and oxygen atoms in total. The Morgan fingerprint density at radius 1 is 1.16 bits per heavy atom. The van der Waals surface area contributed by atoms with E-state index in [4.69, 9.17) is 5.11 Å². The molecule has 2 unspecified atom stereocenters. The molecular weight excluding hydrogens is 242 g/mol. The lowest BCUT2D eigenvalue weighted by molar-refractivity contribution is -0.151. The van der Waals surface area contributed by atoms with Gasteiger partial charge in [-0.25, -0.2) is 4.79 Å². The second kappa shape index (κ2) is 5.93. The number of carbonyl (C=O) groups excluding carboxylic acids is 1. The van der Waals surface area contributed by atoms with Gasteiger partial charge in [0, 0.05) is 12.0 Å². The van der Waals surface area contributed by atoms with Gasteiger partial charge in [-0.05, 0) is 32.1 Å². The lowest BCUT2D eigenvalue weighted by Gasteiger charge is -2.30. The minimum atomic E-state index is -0.895. The number of carboxylic acids is 1. The molecule has 0 aromatic heterocycles. The van der Waals surface area contributed by atoms with E-state index in [1.165, 1.54) is 25.7 Å². The molecule has 1 N–H and O–H groups in total. The van der Waals surface area contributed by atoms with Crippen molar-refractivity contribution >= 4 is 11.9 Å². The van der Waals surface area contributed by atoms with Crippen LogP contribution < -0.4 is 0 Å². The van der Waals surface area contributed by atoms with Crippen molar-refractivity contribution in [2.45, 2.75) is 70.9 Å². The fourth-order valence-corrected chi connectivity index (χ4v) is 3.26. The molecule has 0 radical (unpaired) electrons. The molecule has 2 fully saturated rings. The van der Waals surface area contributed by atoms with Crippen LogP contribution in [0.4, 0.5) is 0 Å². The standard InChI is InChI=1S/C15H25NO3/c1-10(9-12-5-3-4-6-12)14(17)16(13-7-8-13)11(2)15(18)19/h10-13H,3-9H2,1-2H3,(H,18,19). The van der Waals surface area contributed by atoms with Crippen LogP contribution in [0.15, 0.2) is 0 Å². The average Bonchev–Trinajstić information content (AvgIpc) is 3.06. The number of hydrogen-bond acceptors (Lipinski definition) is 2. The van der Waals surface area contributed by atoms with E-state index in [9.17, 15) is 9.59 Å². The predicted molar refractivity (Wildman–Crippen MR) is 72.7 cm³/mol. The third-order valence-corrected chi connectivity index (χ3v) is 4.55. The van der Waals surface area contributed by atoms with Crippen molar-refractivity contribution in [1.82, 2.24) is 4.90 Å². The number of rotatable bonds is 6. The zero-order valence-corrected chi connectivity index (χ0v) is 12.0. The van der Waals surface area contributed by atoms with Crippen molar-refractivity contribution in [3.63, 3.8) is 0 Å². The second-order valence-electron chi connectivity index (χ2n) is 6.28. The Bertz CT molecular complexity index is 345. The zero-order valence-electron chi connectivity index (χ0n) is 12.0. The Labute approximate surface area is 115 Å². The molecule has 0 bridgehead atoms. The summed E-state index contributed by atoms with van der Waals surface area (Å²) in [6.45, 7) is 3.59. The van der Waals surface area contributed by atoms with Gasteiger partial charge in [0.05, 0.1) is 0 Å². The molecule has 2 aliphatic carbocycles. The number of nitrogens with zero attached hydrogens (tertiary/aromatic N) is 1. The fraction of sp³-hybridized carbons (Fsp3) is 0.867. The normalized spacial score (nSPS) is 23.1. The summed E-state index contributed by atoms with van der Waals surface area (Å²) in [5, 5.41) is 9.15. The van der Waals surface area contributed by atoms with Crippen LogP contribution in [0, 0.1) is 11.8 Å². The molecule has 0 aromatic carbocycles. The summed E-state index contributed by atoms with van der Waals surface area (Å²) in [5.41, 5.74) is 0. The molecule has 0 saturated heterocycles. The summed E-state index contributed by atoms with van der Waals surface area (Å²) in [7, 11) is 0. The van der Waals surface area contributed by atoms with Crippen molar-refractivity contribution in [2.75, 3.05) is 0 Å². The van der Waals surface area contributed by atoms with Gasteiger partial charge in [-0.15, -0.1) is 0 Å². The Balaban J connectivity index is 1.95. The van der Waals surface area contributed by atoms with Crippen molar-refractivity contribution in [2.24, 2.45) is 11.8 Å². The first-order valence-corrected chi connectivity index (χ1v) is 7.55. The van der Waals surface area contributed by atoms with Crippen LogP contribution in [0.5, 0.6) is 0 Å². The molecule has 2 rings (SSSR count). The summed E-state index contributed by atoms with van der Waals surface area (Å²) in [5.74, 6) is -0.219. The van der Waals surface area contributed by atoms with Crippen molar-refractivity contribution in [3.8, 4) is 0 Å². The van der Waals surface area contributed by atoms with Gasteiger partial charge in [-0.1, -0.05) is 32.6 Å². The number of carboxylic acid groups (broad SMARTS) is 1. The Kier molecular flexibility index (Phi) is 4.48. The number of hydrogen-bond donors (Lipinski definition) is 1. The summed E-state index contributed by atoms with van der Waals surface area (Å²) in [6, 6.07) is -0.518. The van der Waals surface area contributed by atoms with E-state index in [1.54, 1.807) is 11.8 Å². The second-order valence-corrected chi connectivity index (χ2v) is 6.28. The maximum atomic E-state index is 12.5. The highest BCUT2D eigenvalue weighted by atomic mass is 16.4. The molecule has 0 heterocycles. The highest BCUT2D eigenvalue weighted by Gasteiger charge is 2.40. The highest BCUT2D eigenvalue weighted by molar-refractivity contribution is 5.85. The van der Waals surface area contributed by atoms with E-state index >= 15 is 0 Å². The summed E-state index contributed by atoms with van der Waals surface area (Å²) in [4.78, 5) is 25.3. The quantitative estimate of drug-likeness (QED) is 0.805. The van der Waals surface area contributed by atoms with E-state index < -0.39 is 12.0 Å². The Hall–Kier alpha value is -1.06. The monoisotopic (exact) mass is 267 g/mol. The molecule has 0 aliphatic heterocycles. The first-order valence-electron chi connectivity index (χ1n) is 7.55. The first kappa shape index (κ1) is 14.4. The molecule has 2 saturated carbocycles. The Morgan fingerprint density at radius 3 is 2.21 bits per heavy atom. The molecule has 1 amide bonds. The molecule has 2 atom stereocenters. The highest BCUT2D eigenvalue weighted by Crippen LogP contribution is 2.34. The van der Waals surface area contributed by atoms with E-state index in [1.807, 2.05) is 6.92 Å². The van der Waals surface area contributed by atoms with Crippen LogP contribution in [0.2, 0.25) is 0 Å². The molecule has 2 aliphatic rings. The lowest BCUT2D eigenvalue weighted by atomic mass is 9.93. The van der Waals surface area contributed by atoms with Crippen molar-refractivity contribution in [1.29, 1.82) is 0 Å². The van der Waals surface area contributed by atoms with Crippen LogP contribution in [0.3, 0.4) is 0 Å². The molecule has 0 aromatic rings. The topological polar surface area (TPSA) is 57.6 Å². The molecular formula is C15H25NO3. The molecule has 4 heteroatoms. The minimum Gasteiger partial charge on any atom is -0.480 e.